The van der Waals surface area contributed by atoms with E-state index in [0.717, 1.165) is 25.7 Å². The van der Waals surface area contributed by atoms with E-state index in [-0.39, 0.29) is 23.5 Å². The zero-order valence-corrected chi connectivity index (χ0v) is 27.4. The van der Waals surface area contributed by atoms with Crippen LogP contribution in [0.3, 0.4) is 0 Å². The van der Waals surface area contributed by atoms with Crippen molar-refractivity contribution in [3.8, 4) is 5.75 Å². The Morgan fingerprint density at radius 2 is 1.87 bits per heavy atom. The summed E-state index contributed by atoms with van der Waals surface area (Å²) in [5.74, 6) is -0.157. The number of anilines is 3. The Balaban J connectivity index is 1.62. The van der Waals surface area contributed by atoms with Crippen LogP contribution >= 0.6 is 11.6 Å². The molecule has 0 spiro atoms. The summed E-state index contributed by atoms with van der Waals surface area (Å²) in [4.78, 5) is 35.4. The van der Waals surface area contributed by atoms with Crippen LogP contribution in [0.5, 0.6) is 5.75 Å². The van der Waals surface area contributed by atoms with E-state index in [1.165, 1.54) is 24.5 Å². The third kappa shape index (κ3) is 12.3. The van der Waals surface area contributed by atoms with E-state index in [4.69, 9.17) is 25.8 Å². The minimum Gasteiger partial charge on any atom is -0.489 e. The highest BCUT2D eigenvalue weighted by Gasteiger charge is 2.19. The van der Waals surface area contributed by atoms with Crippen LogP contribution in [-0.4, -0.2) is 72.8 Å². The summed E-state index contributed by atoms with van der Waals surface area (Å²) >= 11 is 5.95. The van der Waals surface area contributed by atoms with Crippen LogP contribution in [0.15, 0.2) is 48.8 Å². The molecule has 0 aliphatic heterocycles. The van der Waals surface area contributed by atoms with Crippen LogP contribution in [0.1, 0.15) is 52.9 Å². The van der Waals surface area contributed by atoms with Gasteiger partial charge in [-0.25, -0.2) is 14.4 Å². The van der Waals surface area contributed by atoms with Crippen LogP contribution in [0, 0.1) is 5.82 Å². The molecular formula is C33H43ClFN5O5. The lowest BCUT2D eigenvalue weighted by Gasteiger charge is -2.23. The van der Waals surface area contributed by atoms with Crippen molar-refractivity contribution in [1.29, 1.82) is 0 Å². The molecular weight excluding hydrogens is 601 g/mol. The molecule has 10 nitrogen and oxygen atoms in total. The van der Waals surface area contributed by atoms with Crippen LogP contribution < -0.4 is 15.4 Å². The predicted octanol–water partition coefficient (Wildman–Crippen LogP) is 6.91. The number of halogens is 2. The van der Waals surface area contributed by atoms with Gasteiger partial charge in [0, 0.05) is 42.8 Å². The van der Waals surface area contributed by atoms with Gasteiger partial charge in [0.15, 0.2) is 0 Å². The molecule has 0 aliphatic carbocycles. The first-order valence-corrected chi connectivity index (χ1v) is 15.4. The zero-order chi connectivity index (χ0) is 32.8. The van der Waals surface area contributed by atoms with Gasteiger partial charge in [-0.15, -0.1) is 0 Å². The van der Waals surface area contributed by atoms with Crippen molar-refractivity contribution in [2.75, 3.05) is 51.1 Å². The Bertz CT molecular complexity index is 1470. The number of nitrogens with zero attached hydrogens (tertiary/aromatic N) is 3. The molecule has 0 bridgehead atoms. The first-order chi connectivity index (χ1) is 21.5. The van der Waals surface area contributed by atoms with E-state index in [1.54, 1.807) is 24.3 Å². The first kappa shape index (κ1) is 35.7. The van der Waals surface area contributed by atoms with E-state index in [1.807, 2.05) is 39.8 Å². The van der Waals surface area contributed by atoms with Crippen LogP contribution in [-0.2, 0) is 19.1 Å². The largest absolute Gasteiger partial charge is 0.489 e. The molecule has 2 N–H and O–H groups in total. The Kier molecular flexibility index (Phi) is 14.0. The fourth-order valence-electron chi connectivity index (χ4n) is 4.05. The third-order valence-corrected chi connectivity index (χ3v) is 7.10. The van der Waals surface area contributed by atoms with Gasteiger partial charge in [0.25, 0.3) is 0 Å². The number of likely N-dealkylation sites (N-methyl/N-ethyl adjacent to an activating group) is 1. The maximum absolute atomic E-state index is 13.7. The molecule has 0 unspecified atom stereocenters. The number of benzene rings is 2. The van der Waals surface area contributed by atoms with Gasteiger partial charge in [0.05, 0.1) is 22.8 Å². The van der Waals surface area contributed by atoms with Gasteiger partial charge in [0.2, 0.25) is 5.91 Å². The van der Waals surface area contributed by atoms with Crippen molar-refractivity contribution < 1.29 is 28.2 Å². The van der Waals surface area contributed by atoms with Crippen molar-refractivity contribution in [3.05, 3.63) is 59.7 Å². The number of aromatic nitrogens is 2. The van der Waals surface area contributed by atoms with Gasteiger partial charge in [-0.1, -0.05) is 31.0 Å². The van der Waals surface area contributed by atoms with E-state index in [0.29, 0.717) is 60.0 Å². The minimum absolute atomic E-state index is 0.0232. The van der Waals surface area contributed by atoms with Crippen molar-refractivity contribution >= 4 is 51.6 Å². The molecule has 0 aliphatic rings. The average molecular weight is 644 g/mol. The molecule has 3 aromatic rings. The zero-order valence-electron chi connectivity index (χ0n) is 26.6. The summed E-state index contributed by atoms with van der Waals surface area (Å²) in [6, 6.07) is 7.72. The van der Waals surface area contributed by atoms with E-state index in [9.17, 15) is 14.0 Å². The van der Waals surface area contributed by atoms with Gasteiger partial charge in [-0.2, -0.15) is 0 Å². The molecule has 244 valence electrons. The molecule has 0 saturated heterocycles. The molecule has 0 atom stereocenters. The monoisotopic (exact) mass is 643 g/mol. The first-order valence-electron chi connectivity index (χ1n) is 15.0. The number of fused-ring (bicyclic) bond motifs is 1. The summed E-state index contributed by atoms with van der Waals surface area (Å²) in [7, 11) is 3.82. The number of unbranched alkanes of at least 4 members (excludes halogenated alkanes) is 2. The molecule has 1 aromatic heterocycles. The number of esters is 1. The van der Waals surface area contributed by atoms with E-state index >= 15 is 0 Å². The molecule has 12 heteroatoms. The highest BCUT2D eigenvalue weighted by molar-refractivity contribution is 6.31. The summed E-state index contributed by atoms with van der Waals surface area (Å²) in [6.07, 6.45) is 8.19. The Morgan fingerprint density at radius 1 is 1.07 bits per heavy atom. The number of nitrogens with one attached hydrogen (secondary N) is 2. The topological polar surface area (TPSA) is 115 Å². The number of ether oxygens (including phenoxy) is 3. The van der Waals surface area contributed by atoms with Crippen LogP contribution in [0.2, 0.25) is 5.02 Å². The molecule has 3 rings (SSSR count). The quantitative estimate of drug-likeness (QED) is 0.0867. The van der Waals surface area contributed by atoms with Gasteiger partial charge in [-0.05, 0) is 71.5 Å². The number of hydrogen-bond donors (Lipinski definition) is 2. The molecule has 45 heavy (non-hydrogen) atoms. The van der Waals surface area contributed by atoms with Crippen molar-refractivity contribution in [3.63, 3.8) is 0 Å². The van der Waals surface area contributed by atoms with Crippen LogP contribution in [0.25, 0.3) is 10.9 Å². The normalized spacial score (nSPS) is 11.7. The Hall–Kier alpha value is -3.80. The van der Waals surface area contributed by atoms with Crippen molar-refractivity contribution in [1.82, 2.24) is 14.9 Å². The Labute approximate surface area is 269 Å². The van der Waals surface area contributed by atoms with Gasteiger partial charge >= 0.3 is 5.97 Å². The standard InChI is InChI=1S/C33H43ClFN5O5/c1-6-33(2,3)45-31(42)12-8-7-9-16-43-17-18-44-29-21-27-24(20-28(29)39-30(41)11-10-15-40(4)5)32(37-22-36-27)38-23-13-14-26(35)25(34)19-23/h10-11,13-14,19-22H,6-9,12,15-18H2,1-5H3,(H,39,41)(H,36,37,38)/b11-10+. The summed E-state index contributed by atoms with van der Waals surface area (Å²) in [5.41, 5.74) is 1.10. The van der Waals surface area contributed by atoms with E-state index < -0.39 is 11.4 Å². The molecule has 0 fully saturated rings. The Morgan fingerprint density at radius 3 is 2.60 bits per heavy atom. The summed E-state index contributed by atoms with van der Waals surface area (Å²) in [6.45, 7) is 7.53. The number of amides is 1. The highest BCUT2D eigenvalue weighted by Crippen LogP contribution is 2.34. The van der Waals surface area contributed by atoms with Crippen LogP contribution in [0.4, 0.5) is 21.6 Å². The second-order valence-electron chi connectivity index (χ2n) is 11.4. The lowest BCUT2D eigenvalue weighted by Crippen LogP contribution is -2.26. The number of rotatable bonds is 18. The fraction of sp³-hybridized carbons (Fsp3) is 0.455. The second kappa shape index (κ2) is 17.6. The van der Waals surface area contributed by atoms with Gasteiger partial charge in [0.1, 0.15) is 35.9 Å². The lowest BCUT2D eigenvalue weighted by atomic mass is 10.1. The highest BCUT2D eigenvalue weighted by atomic mass is 35.5. The summed E-state index contributed by atoms with van der Waals surface area (Å²) in [5, 5.41) is 6.61. The number of hydrogen-bond acceptors (Lipinski definition) is 9. The molecule has 0 radical (unpaired) electrons. The molecule has 1 amide bonds. The number of carbonyl (C=O) groups excluding carboxylic acids is 2. The maximum Gasteiger partial charge on any atom is 0.306 e. The smallest absolute Gasteiger partial charge is 0.306 e. The molecule has 1 heterocycles. The average Bonchev–Trinajstić information content (AvgIpc) is 2.98. The second-order valence-corrected chi connectivity index (χ2v) is 11.8. The van der Waals surface area contributed by atoms with Gasteiger partial charge in [-0.3, -0.25) is 9.59 Å². The maximum atomic E-state index is 13.7. The van der Waals surface area contributed by atoms with Crippen molar-refractivity contribution in [2.45, 2.75) is 58.5 Å². The van der Waals surface area contributed by atoms with E-state index in [2.05, 4.69) is 20.6 Å². The van der Waals surface area contributed by atoms with Gasteiger partial charge < -0.3 is 29.7 Å². The summed E-state index contributed by atoms with van der Waals surface area (Å²) < 4.78 is 30.9. The van der Waals surface area contributed by atoms with Crippen molar-refractivity contribution in [2.24, 2.45) is 0 Å². The molecule has 0 saturated carbocycles. The lowest BCUT2D eigenvalue weighted by molar-refractivity contribution is -0.156. The predicted molar refractivity (Wildman–Crippen MR) is 176 cm³/mol. The SMILES string of the molecule is CCC(C)(C)OC(=O)CCCCCOCCOc1cc2ncnc(Nc3ccc(F)c(Cl)c3)c2cc1NC(=O)/C=C/CN(C)C. The minimum atomic E-state index is -0.526. The number of carbonyl (C=O) groups is 2. The third-order valence-electron chi connectivity index (χ3n) is 6.81. The molecule has 2 aromatic carbocycles. The fourth-order valence-corrected chi connectivity index (χ4v) is 4.23.